The van der Waals surface area contributed by atoms with Crippen molar-refractivity contribution in [1.82, 2.24) is 10.2 Å². The van der Waals surface area contributed by atoms with Gasteiger partial charge in [0.25, 0.3) is 0 Å². The third kappa shape index (κ3) is 4.93. The van der Waals surface area contributed by atoms with Crippen LogP contribution in [0.1, 0.15) is 32.1 Å². The lowest BCUT2D eigenvalue weighted by molar-refractivity contribution is -0.133. The van der Waals surface area contributed by atoms with Crippen LogP contribution < -0.4 is 5.32 Å². The van der Waals surface area contributed by atoms with Crippen molar-refractivity contribution in [2.24, 2.45) is 11.8 Å². The molecule has 1 atom stereocenters. The number of hydrogen-bond donors (Lipinski definition) is 1. The van der Waals surface area contributed by atoms with Gasteiger partial charge in [0.2, 0.25) is 5.91 Å². The average molecular weight is 289 g/mol. The topological polar surface area (TPSA) is 41.6 Å². The summed E-state index contributed by atoms with van der Waals surface area (Å²) in [5, 5.41) is 3.37. The zero-order valence-corrected chi connectivity index (χ0v) is 12.3. The first-order valence-electron chi connectivity index (χ1n) is 7.40. The molecule has 0 aromatic heterocycles. The van der Waals surface area contributed by atoms with Crippen molar-refractivity contribution in [3.8, 4) is 0 Å². The molecular weight excluding hydrogens is 264 g/mol. The van der Waals surface area contributed by atoms with Crippen LogP contribution in [-0.2, 0) is 9.53 Å². The Labute approximate surface area is 121 Å². The van der Waals surface area contributed by atoms with Gasteiger partial charge >= 0.3 is 0 Å². The lowest BCUT2D eigenvalue weighted by Gasteiger charge is -2.28. The van der Waals surface area contributed by atoms with Crippen molar-refractivity contribution in [2.75, 3.05) is 32.8 Å². The molecule has 1 heterocycles. The van der Waals surface area contributed by atoms with Gasteiger partial charge in [-0.25, -0.2) is 0 Å². The first kappa shape index (κ1) is 15.1. The molecular formula is C14H25ClN2O2. The molecule has 1 saturated heterocycles. The Morgan fingerprint density at radius 3 is 2.26 bits per heavy atom. The molecule has 3 aliphatic rings. The van der Waals surface area contributed by atoms with Crippen molar-refractivity contribution >= 4 is 18.3 Å². The molecule has 3 rings (SSSR count). The predicted molar refractivity (Wildman–Crippen MR) is 76.5 cm³/mol. The second-order valence-corrected chi connectivity index (χ2v) is 6.12. The van der Waals surface area contributed by atoms with E-state index in [1.807, 2.05) is 0 Å². The van der Waals surface area contributed by atoms with Crippen LogP contribution in [-0.4, -0.2) is 49.7 Å². The third-order valence-electron chi connectivity index (χ3n) is 4.12. The van der Waals surface area contributed by atoms with E-state index in [-0.39, 0.29) is 18.4 Å². The fourth-order valence-corrected chi connectivity index (χ4v) is 2.59. The summed E-state index contributed by atoms with van der Waals surface area (Å²) in [7, 11) is 0. The van der Waals surface area contributed by atoms with Gasteiger partial charge in [-0.3, -0.25) is 4.79 Å². The van der Waals surface area contributed by atoms with Crippen molar-refractivity contribution in [3.63, 3.8) is 0 Å². The molecule has 0 bridgehead atoms. The third-order valence-corrected chi connectivity index (χ3v) is 4.12. The van der Waals surface area contributed by atoms with Crippen molar-refractivity contribution in [3.05, 3.63) is 0 Å². The van der Waals surface area contributed by atoms with Gasteiger partial charge in [-0.1, -0.05) is 0 Å². The normalized spacial score (nSPS) is 26.6. The number of halogens is 1. The number of hydrogen-bond acceptors (Lipinski definition) is 3. The molecule has 3 fully saturated rings. The first-order chi connectivity index (χ1) is 8.81. The monoisotopic (exact) mass is 288 g/mol. The van der Waals surface area contributed by atoms with Crippen LogP contribution in [0.15, 0.2) is 0 Å². The Morgan fingerprint density at radius 1 is 1.16 bits per heavy atom. The van der Waals surface area contributed by atoms with Gasteiger partial charge in [0.05, 0.1) is 13.2 Å². The second-order valence-electron chi connectivity index (χ2n) is 6.12. The summed E-state index contributed by atoms with van der Waals surface area (Å²) >= 11 is 0. The van der Waals surface area contributed by atoms with E-state index < -0.39 is 0 Å². The fraction of sp³-hybridized carbons (Fsp3) is 0.929. The van der Waals surface area contributed by atoms with Gasteiger partial charge in [0.1, 0.15) is 0 Å². The highest BCUT2D eigenvalue weighted by molar-refractivity contribution is 5.85. The number of carbonyl (C=O) groups excluding carboxylic acids is 1. The standard InChI is InChI=1S/C14H24N2O2.ClH/c17-14(7-13-10-18-6-5-15-13)16(8-11-1-2-11)9-12-3-4-12;/h11-13,15H,1-10H2;1H. The quantitative estimate of drug-likeness (QED) is 0.804. The summed E-state index contributed by atoms with van der Waals surface area (Å²) in [6.45, 7) is 4.35. The Balaban J connectivity index is 0.00000133. The van der Waals surface area contributed by atoms with Crippen LogP contribution >= 0.6 is 12.4 Å². The summed E-state index contributed by atoms with van der Waals surface area (Å²) in [4.78, 5) is 14.5. The van der Waals surface area contributed by atoms with Crippen molar-refractivity contribution in [1.29, 1.82) is 0 Å². The number of carbonyl (C=O) groups is 1. The molecule has 0 radical (unpaired) electrons. The van der Waals surface area contributed by atoms with Crippen molar-refractivity contribution in [2.45, 2.75) is 38.1 Å². The van der Waals surface area contributed by atoms with E-state index in [9.17, 15) is 4.79 Å². The summed E-state index contributed by atoms with van der Waals surface area (Å²) < 4.78 is 5.42. The largest absolute Gasteiger partial charge is 0.378 e. The maximum Gasteiger partial charge on any atom is 0.224 e. The molecule has 2 saturated carbocycles. The number of nitrogens with one attached hydrogen (secondary N) is 1. The van der Waals surface area contributed by atoms with Gasteiger partial charge in [-0.15, -0.1) is 12.4 Å². The Morgan fingerprint density at radius 2 is 1.79 bits per heavy atom. The summed E-state index contributed by atoms with van der Waals surface area (Å²) in [5.41, 5.74) is 0. The SMILES string of the molecule is Cl.O=C(CC1COCCN1)N(CC1CC1)CC1CC1. The van der Waals surface area contributed by atoms with E-state index in [1.165, 1.54) is 25.7 Å². The van der Waals surface area contributed by atoms with E-state index in [1.54, 1.807) is 0 Å². The van der Waals surface area contributed by atoms with Crippen LogP contribution in [0, 0.1) is 11.8 Å². The van der Waals surface area contributed by atoms with Gasteiger partial charge in [0, 0.05) is 32.1 Å². The molecule has 1 unspecified atom stereocenters. The summed E-state index contributed by atoms with van der Waals surface area (Å²) in [6.07, 6.45) is 5.89. The molecule has 0 aromatic carbocycles. The molecule has 19 heavy (non-hydrogen) atoms. The molecule has 1 N–H and O–H groups in total. The lowest BCUT2D eigenvalue weighted by Crippen LogP contribution is -2.45. The molecule has 110 valence electrons. The zero-order chi connectivity index (χ0) is 12.4. The van der Waals surface area contributed by atoms with Crippen LogP contribution in [0.25, 0.3) is 0 Å². The molecule has 2 aliphatic carbocycles. The Kier molecular flexibility index (Phi) is 5.48. The highest BCUT2D eigenvalue weighted by Crippen LogP contribution is 2.34. The van der Waals surface area contributed by atoms with Crippen LogP contribution in [0.3, 0.4) is 0 Å². The Bertz CT molecular complexity index is 286. The van der Waals surface area contributed by atoms with Gasteiger partial charge < -0.3 is 15.0 Å². The summed E-state index contributed by atoms with van der Waals surface area (Å²) in [6, 6.07) is 0.229. The molecule has 1 aliphatic heterocycles. The van der Waals surface area contributed by atoms with Crippen LogP contribution in [0.2, 0.25) is 0 Å². The molecule has 4 nitrogen and oxygen atoms in total. The van der Waals surface area contributed by atoms with Gasteiger partial charge in [-0.2, -0.15) is 0 Å². The van der Waals surface area contributed by atoms with E-state index >= 15 is 0 Å². The average Bonchev–Trinajstić information content (AvgIpc) is 3.24. The van der Waals surface area contributed by atoms with E-state index in [0.29, 0.717) is 18.9 Å². The van der Waals surface area contributed by atoms with Gasteiger partial charge in [0.15, 0.2) is 0 Å². The fourth-order valence-electron chi connectivity index (χ4n) is 2.59. The molecule has 1 amide bonds. The van der Waals surface area contributed by atoms with Crippen molar-refractivity contribution < 1.29 is 9.53 Å². The minimum atomic E-state index is 0. The highest BCUT2D eigenvalue weighted by Gasteiger charge is 2.32. The number of morpholine rings is 1. The van der Waals surface area contributed by atoms with Crippen LogP contribution in [0.5, 0.6) is 0 Å². The molecule has 0 spiro atoms. The second kappa shape index (κ2) is 6.91. The van der Waals surface area contributed by atoms with Crippen LogP contribution in [0.4, 0.5) is 0 Å². The smallest absolute Gasteiger partial charge is 0.224 e. The maximum absolute atomic E-state index is 12.4. The predicted octanol–water partition coefficient (Wildman–Crippen LogP) is 1.44. The minimum absolute atomic E-state index is 0. The molecule has 0 aromatic rings. The number of rotatable bonds is 6. The van der Waals surface area contributed by atoms with E-state index in [2.05, 4.69) is 10.2 Å². The number of ether oxygens (including phenoxy) is 1. The van der Waals surface area contributed by atoms with E-state index in [0.717, 1.165) is 38.1 Å². The van der Waals surface area contributed by atoms with E-state index in [4.69, 9.17) is 4.74 Å². The zero-order valence-electron chi connectivity index (χ0n) is 11.5. The number of amides is 1. The highest BCUT2D eigenvalue weighted by atomic mass is 35.5. The lowest BCUT2D eigenvalue weighted by atomic mass is 10.1. The maximum atomic E-state index is 12.4. The number of nitrogens with zero attached hydrogens (tertiary/aromatic N) is 1. The minimum Gasteiger partial charge on any atom is -0.378 e. The first-order valence-corrected chi connectivity index (χ1v) is 7.40. The Hall–Kier alpha value is -0.320. The van der Waals surface area contributed by atoms with Gasteiger partial charge in [-0.05, 0) is 37.5 Å². The summed E-state index contributed by atoms with van der Waals surface area (Å²) in [5.74, 6) is 1.92. The molecule has 5 heteroatoms.